The van der Waals surface area contributed by atoms with E-state index in [1.165, 1.54) is 19.3 Å². The molecule has 0 amide bonds. The second kappa shape index (κ2) is 2.69. The summed E-state index contributed by atoms with van der Waals surface area (Å²) in [7, 11) is 0. The van der Waals surface area contributed by atoms with Crippen LogP contribution in [0, 0.1) is 5.92 Å². The second-order valence-electron chi connectivity index (χ2n) is 4.90. The quantitative estimate of drug-likeness (QED) is 0.646. The van der Waals surface area contributed by atoms with Crippen LogP contribution < -0.4 is 5.32 Å². The molecule has 0 spiro atoms. The van der Waals surface area contributed by atoms with E-state index in [4.69, 9.17) is 4.74 Å². The first-order chi connectivity index (χ1) is 6.25. The van der Waals surface area contributed by atoms with Crippen molar-refractivity contribution in [2.24, 2.45) is 5.92 Å². The highest BCUT2D eigenvalue weighted by Gasteiger charge is 2.46. The molecule has 3 nitrogen and oxygen atoms in total. The number of nitrogens with one attached hydrogen (secondary N) is 1. The van der Waals surface area contributed by atoms with Crippen molar-refractivity contribution >= 4 is 0 Å². The molecule has 3 rings (SSSR count). The minimum absolute atomic E-state index is 0.404. The van der Waals surface area contributed by atoms with E-state index >= 15 is 0 Å². The summed E-state index contributed by atoms with van der Waals surface area (Å²) in [6.07, 6.45) is 5.59. The number of aliphatic hydroxyl groups is 1. The van der Waals surface area contributed by atoms with Crippen LogP contribution in [0.1, 0.15) is 25.7 Å². The number of hydrogen-bond donors (Lipinski definition) is 2. The van der Waals surface area contributed by atoms with E-state index < -0.39 is 5.60 Å². The maximum atomic E-state index is 9.98. The number of β-amino-alcohol motifs (C(OH)–C–C–N with tert-alkyl or cyclic N) is 1. The Bertz CT molecular complexity index is 215. The Morgan fingerprint density at radius 1 is 1.38 bits per heavy atom. The Labute approximate surface area is 78.5 Å². The van der Waals surface area contributed by atoms with Crippen LogP contribution in [0.25, 0.3) is 0 Å². The molecule has 0 aromatic carbocycles. The number of ether oxygens (including phenoxy) is 1. The molecule has 3 atom stereocenters. The zero-order valence-corrected chi connectivity index (χ0v) is 7.83. The Balaban J connectivity index is 1.61. The van der Waals surface area contributed by atoms with E-state index in [0.29, 0.717) is 18.1 Å². The molecule has 74 valence electrons. The van der Waals surface area contributed by atoms with E-state index in [1.807, 2.05) is 0 Å². The highest BCUT2D eigenvalue weighted by atomic mass is 16.5. The van der Waals surface area contributed by atoms with Crippen LogP contribution in [0.5, 0.6) is 0 Å². The molecular formula is C10H17NO2. The fraction of sp³-hybridized carbons (Fsp3) is 1.00. The lowest BCUT2D eigenvalue weighted by molar-refractivity contribution is -0.0385. The maximum Gasteiger partial charge on any atom is 0.0898 e. The van der Waals surface area contributed by atoms with E-state index in [1.54, 1.807) is 0 Å². The smallest absolute Gasteiger partial charge is 0.0898 e. The number of rotatable bonds is 2. The minimum atomic E-state index is -0.404. The first-order valence-electron chi connectivity index (χ1n) is 5.34. The molecule has 3 heteroatoms. The Morgan fingerprint density at radius 3 is 2.69 bits per heavy atom. The van der Waals surface area contributed by atoms with Crippen LogP contribution in [-0.2, 0) is 4.74 Å². The van der Waals surface area contributed by atoms with Gasteiger partial charge in [0.2, 0.25) is 0 Å². The van der Waals surface area contributed by atoms with Crippen LogP contribution in [0.15, 0.2) is 0 Å². The molecule has 0 radical (unpaired) electrons. The molecular weight excluding hydrogens is 166 g/mol. The van der Waals surface area contributed by atoms with Gasteiger partial charge >= 0.3 is 0 Å². The van der Waals surface area contributed by atoms with Gasteiger partial charge in [0.05, 0.1) is 17.8 Å². The molecule has 0 aromatic heterocycles. The third-order valence-electron chi connectivity index (χ3n) is 3.78. The Kier molecular flexibility index (Phi) is 1.70. The van der Waals surface area contributed by atoms with Crippen molar-refractivity contribution in [3.8, 4) is 0 Å². The van der Waals surface area contributed by atoms with Crippen LogP contribution in [0.3, 0.4) is 0 Å². The van der Waals surface area contributed by atoms with Gasteiger partial charge in [-0.1, -0.05) is 0 Å². The third-order valence-corrected chi connectivity index (χ3v) is 3.78. The summed E-state index contributed by atoms with van der Waals surface area (Å²) in [4.78, 5) is 0. The van der Waals surface area contributed by atoms with Crippen molar-refractivity contribution in [3.63, 3.8) is 0 Å². The van der Waals surface area contributed by atoms with Gasteiger partial charge in [-0.2, -0.15) is 0 Å². The van der Waals surface area contributed by atoms with Crippen molar-refractivity contribution in [2.75, 3.05) is 13.1 Å². The highest BCUT2D eigenvalue weighted by molar-refractivity contribution is 4.99. The fourth-order valence-corrected chi connectivity index (χ4v) is 3.00. The third kappa shape index (κ3) is 1.30. The molecule has 3 saturated heterocycles. The van der Waals surface area contributed by atoms with Crippen LogP contribution in [0.2, 0.25) is 0 Å². The second-order valence-corrected chi connectivity index (χ2v) is 4.90. The lowest BCUT2D eigenvalue weighted by Gasteiger charge is -2.40. The lowest BCUT2D eigenvalue weighted by atomic mass is 9.78. The molecule has 0 aromatic rings. The van der Waals surface area contributed by atoms with Crippen molar-refractivity contribution in [1.82, 2.24) is 5.32 Å². The highest BCUT2D eigenvalue weighted by Crippen LogP contribution is 2.42. The van der Waals surface area contributed by atoms with Gasteiger partial charge in [-0.15, -0.1) is 0 Å². The van der Waals surface area contributed by atoms with E-state index in [0.717, 1.165) is 19.5 Å². The largest absolute Gasteiger partial charge is 0.387 e. The molecule has 13 heavy (non-hydrogen) atoms. The van der Waals surface area contributed by atoms with E-state index in [2.05, 4.69) is 5.32 Å². The molecule has 2 bridgehead atoms. The van der Waals surface area contributed by atoms with Crippen LogP contribution in [-0.4, -0.2) is 36.0 Å². The first-order valence-corrected chi connectivity index (χ1v) is 5.34. The molecule has 3 fully saturated rings. The molecule has 3 heterocycles. The van der Waals surface area contributed by atoms with Crippen molar-refractivity contribution in [2.45, 2.75) is 43.5 Å². The van der Waals surface area contributed by atoms with Gasteiger partial charge in [0.15, 0.2) is 0 Å². The van der Waals surface area contributed by atoms with Gasteiger partial charge < -0.3 is 15.2 Å². The predicted molar refractivity (Wildman–Crippen MR) is 48.4 cm³/mol. The van der Waals surface area contributed by atoms with Crippen molar-refractivity contribution < 1.29 is 9.84 Å². The summed E-state index contributed by atoms with van der Waals surface area (Å²) in [6, 6.07) is 0. The zero-order valence-electron chi connectivity index (χ0n) is 7.83. The van der Waals surface area contributed by atoms with Gasteiger partial charge in [0.25, 0.3) is 0 Å². The summed E-state index contributed by atoms with van der Waals surface area (Å²) >= 11 is 0. The van der Waals surface area contributed by atoms with E-state index in [-0.39, 0.29) is 0 Å². The molecule has 3 unspecified atom stereocenters. The zero-order chi connectivity index (χ0) is 8.89. The van der Waals surface area contributed by atoms with Crippen LogP contribution >= 0.6 is 0 Å². The molecule has 2 N–H and O–H groups in total. The Hall–Kier alpha value is -0.120. The molecule has 0 aliphatic carbocycles. The van der Waals surface area contributed by atoms with Crippen molar-refractivity contribution in [1.29, 1.82) is 0 Å². The summed E-state index contributed by atoms with van der Waals surface area (Å²) in [5.74, 6) is 0.630. The predicted octanol–water partition coefficient (Wildman–Crippen LogP) is 0.278. The SMILES string of the molecule is OC1(CC2CC3CCC2O3)CNC1. The minimum Gasteiger partial charge on any atom is -0.387 e. The number of hydrogen-bond acceptors (Lipinski definition) is 3. The summed E-state index contributed by atoms with van der Waals surface area (Å²) < 4.78 is 5.77. The normalized spacial score (nSPS) is 46.4. The molecule has 3 aliphatic heterocycles. The topological polar surface area (TPSA) is 41.5 Å². The average Bonchev–Trinajstić information content (AvgIpc) is 2.62. The summed E-state index contributed by atoms with van der Waals surface area (Å²) in [6.45, 7) is 1.56. The average molecular weight is 183 g/mol. The standard InChI is InChI=1S/C10H17NO2/c12-10(5-11-6-10)4-7-3-8-1-2-9(7)13-8/h7-9,11-12H,1-6H2. The molecule has 0 saturated carbocycles. The monoisotopic (exact) mass is 183 g/mol. The van der Waals surface area contributed by atoms with Crippen LogP contribution in [0.4, 0.5) is 0 Å². The summed E-state index contributed by atoms with van der Waals surface area (Å²) in [5.41, 5.74) is -0.404. The number of fused-ring (bicyclic) bond motifs is 2. The van der Waals surface area contributed by atoms with Gasteiger partial charge in [-0.3, -0.25) is 0 Å². The van der Waals surface area contributed by atoms with Gasteiger partial charge in [-0.25, -0.2) is 0 Å². The fourth-order valence-electron chi connectivity index (χ4n) is 3.00. The molecule has 3 aliphatic rings. The summed E-state index contributed by atoms with van der Waals surface area (Å²) in [5, 5.41) is 13.1. The lowest BCUT2D eigenvalue weighted by Crippen LogP contribution is -2.60. The van der Waals surface area contributed by atoms with Gasteiger partial charge in [0.1, 0.15) is 0 Å². The van der Waals surface area contributed by atoms with Gasteiger partial charge in [0, 0.05) is 13.1 Å². The Morgan fingerprint density at radius 2 is 2.23 bits per heavy atom. The maximum absolute atomic E-state index is 9.98. The van der Waals surface area contributed by atoms with E-state index in [9.17, 15) is 5.11 Å². The van der Waals surface area contributed by atoms with Crippen molar-refractivity contribution in [3.05, 3.63) is 0 Å². The van der Waals surface area contributed by atoms with Gasteiger partial charge in [-0.05, 0) is 31.6 Å². The first kappa shape index (κ1) is 8.21.